The van der Waals surface area contributed by atoms with Gasteiger partial charge >= 0.3 is 0 Å². The number of hydrogen-bond donors (Lipinski definition) is 0. The van der Waals surface area contributed by atoms with Crippen LogP contribution in [0.1, 0.15) is 0 Å². The minimum absolute atomic E-state index is 0.347. The van der Waals surface area contributed by atoms with Gasteiger partial charge in [0, 0.05) is 37.9 Å². The molecule has 0 bridgehead atoms. The third-order valence-corrected chi connectivity index (χ3v) is 1.30. The molecule has 0 aromatic heterocycles. The van der Waals surface area contributed by atoms with E-state index < -0.39 is 0 Å². The highest BCUT2D eigenvalue weighted by Gasteiger charge is 1.97. The van der Waals surface area contributed by atoms with Crippen molar-refractivity contribution in [2.75, 3.05) is 19.6 Å². The Labute approximate surface area is 75.8 Å². The summed E-state index contributed by atoms with van der Waals surface area (Å²) in [5, 5.41) is 0. The third kappa shape index (κ3) is 6.70. The van der Waals surface area contributed by atoms with Crippen molar-refractivity contribution in [1.29, 1.82) is 0 Å². The molecule has 0 N–H and O–H groups in total. The van der Waals surface area contributed by atoms with Crippen molar-refractivity contribution >= 4 is 17.8 Å². The Bertz CT molecular complexity index is 232. The van der Waals surface area contributed by atoms with E-state index in [9.17, 15) is 14.4 Å². The van der Waals surface area contributed by atoms with Gasteiger partial charge in [0.15, 0.2) is 0 Å². The summed E-state index contributed by atoms with van der Waals surface area (Å²) in [6, 6.07) is 0. The molecule has 0 heterocycles. The summed E-state index contributed by atoms with van der Waals surface area (Å²) in [4.78, 5) is 31.3. The average molecular weight is 179 g/mol. The Morgan fingerprint density at radius 3 is 1.31 bits per heavy atom. The van der Waals surface area contributed by atoms with Crippen LogP contribution in [-0.2, 0) is 14.4 Å². The number of carbonyl (C=O) groups excluding carboxylic acids is 3. The quantitative estimate of drug-likeness (QED) is 0.513. The summed E-state index contributed by atoms with van der Waals surface area (Å²) < 4.78 is 0. The van der Waals surface area contributed by atoms with Crippen LogP contribution in [0.25, 0.3) is 0 Å². The molecule has 0 aliphatic rings. The highest BCUT2D eigenvalue weighted by Crippen LogP contribution is 1.87. The van der Waals surface area contributed by atoms with Gasteiger partial charge in [-0.1, -0.05) is 0 Å². The standard InChI is InChI=1S/C9H9NO3/c11-7-1-4-10(5-2-8-12)6-3-9-13/h1-3H,4-6H2. The van der Waals surface area contributed by atoms with Crippen LogP contribution in [0, 0.1) is 0 Å². The van der Waals surface area contributed by atoms with Crippen molar-refractivity contribution in [3.63, 3.8) is 0 Å². The molecule has 0 aliphatic carbocycles. The van der Waals surface area contributed by atoms with Gasteiger partial charge in [0.25, 0.3) is 0 Å². The molecular weight excluding hydrogens is 170 g/mol. The van der Waals surface area contributed by atoms with Gasteiger partial charge in [0.2, 0.25) is 0 Å². The van der Waals surface area contributed by atoms with Crippen LogP contribution in [0.2, 0.25) is 0 Å². The Kier molecular flexibility index (Phi) is 7.31. The zero-order valence-electron chi connectivity index (χ0n) is 7.03. The van der Waals surface area contributed by atoms with Crippen LogP contribution < -0.4 is 0 Å². The smallest absolute Gasteiger partial charge is 0.121 e. The molecule has 0 rings (SSSR count). The summed E-state index contributed by atoms with van der Waals surface area (Å²) in [6.07, 6.45) is 3.83. The van der Waals surface area contributed by atoms with Crippen LogP contribution in [0.3, 0.4) is 0 Å². The molecule has 0 saturated carbocycles. The van der Waals surface area contributed by atoms with Gasteiger partial charge in [0.05, 0.1) is 0 Å². The van der Waals surface area contributed by atoms with Gasteiger partial charge in [-0.15, -0.1) is 0 Å². The highest BCUT2D eigenvalue weighted by molar-refractivity contribution is 5.47. The van der Waals surface area contributed by atoms with E-state index >= 15 is 0 Å². The molecule has 0 aromatic rings. The van der Waals surface area contributed by atoms with Crippen LogP contribution in [0.5, 0.6) is 0 Å². The van der Waals surface area contributed by atoms with Crippen molar-refractivity contribution in [2.45, 2.75) is 0 Å². The van der Waals surface area contributed by atoms with Crippen LogP contribution in [-0.4, -0.2) is 42.4 Å². The summed E-state index contributed by atoms with van der Waals surface area (Å²) in [5.41, 5.74) is 0. The second kappa shape index (κ2) is 8.41. The zero-order chi connectivity index (χ0) is 9.94. The number of hydrogen-bond acceptors (Lipinski definition) is 4. The number of nitrogens with zero attached hydrogens (tertiary/aromatic N) is 1. The molecule has 0 amide bonds. The molecule has 0 unspecified atom stereocenters. The highest BCUT2D eigenvalue weighted by atomic mass is 16.1. The van der Waals surface area contributed by atoms with E-state index in [4.69, 9.17) is 0 Å². The molecule has 4 heteroatoms. The minimum Gasteiger partial charge on any atom is -0.290 e. The molecule has 0 aromatic carbocycles. The number of rotatable bonds is 6. The van der Waals surface area contributed by atoms with Gasteiger partial charge in [-0.25, -0.2) is 14.4 Å². The first-order valence-electron chi connectivity index (χ1n) is 3.65. The molecule has 0 saturated heterocycles. The molecule has 13 heavy (non-hydrogen) atoms. The normalized spacial score (nSPS) is 8.08. The minimum atomic E-state index is 0.347. The van der Waals surface area contributed by atoms with Crippen molar-refractivity contribution < 1.29 is 14.4 Å². The molecule has 0 aliphatic heterocycles. The van der Waals surface area contributed by atoms with Crippen molar-refractivity contribution in [3.05, 3.63) is 18.2 Å². The summed E-state index contributed by atoms with van der Waals surface area (Å²) in [5.74, 6) is 4.83. The first kappa shape index (κ1) is 11.3. The maximum Gasteiger partial charge on any atom is 0.121 e. The van der Waals surface area contributed by atoms with E-state index in [0.29, 0.717) is 19.6 Å². The molecule has 68 valence electrons. The monoisotopic (exact) mass is 179 g/mol. The molecule has 4 nitrogen and oxygen atoms in total. The lowest BCUT2D eigenvalue weighted by Crippen LogP contribution is -2.24. The Balaban J connectivity index is 4.07. The molecule has 0 radical (unpaired) electrons. The molecule has 0 spiro atoms. The van der Waals surface area contributed by atoms with Crippen molar-refractivity contribution in [2.24, 2.45) is 0 Å². The van der Waals surface area contributed by atoms with E-state index in [1.165, 1.54) is 18.2 Å². The fourth-order valence-corrected chi connectivity index (χ4v) is 0.723. The maximum atomic E-state index is 9.87. The summed E-state index contributed by atoms with van der Waals surface area (Å²) >= 11 is 0. The van der Waals surface area contributed by atoms with E-state index in [2.05, 4.69) is 0 Å². The second-order valence-corrected chi connectivity index (χ2v) is 2.18. The predicted octanol–water partition coefficient (Wildman–Crippen LogP) is -0.548. The largest absolute Gasteiger partial charge is 0.290 e. The third-order valence-electron chi connectivity index (χ3n) is 1.30. The van der Waals surface area contributed by atoms with E-state index in [0.717, 1.165) is 0 Å². The van der Waals surface area contributed by atoms with Crippen LogP contribution >= 0.6 is 0 Å². The lowest BCUT2D eigenvalue weighted by molar-refractivity contribution is 0.373. The van der Waals surface area contributed by atoms with Crippen LogP contribution in [0.4, 0.5) is 0 Å². The first-order valence-corrected chi connectivity index (χ1v) is 3.65. The SMILES string of the molecule is O=C=CCN(CC=C=O)CC=C=O. The lowest BCUT2D eigenvalue weighted by Gasteiger charge is -2.13. The van der Waals surface area contributed by atoms with Gasteiger partial charge in [-0.2, -0.15) is 0 Å². The van der Waals surface area contributed by atoms with Crippen LogP contribution in [0.15, 0.2) is 18.2 Å². The van der Waals surface area contributed by atoms with Gasteiger partial charge in [-0.3, -0.25) is 4.90 Å². The summed E-state index contributed by atoms with van der Waals surface area (Å²) in [6.45, 7) is 1.04. The van der Waals surface area contributed by atoms with Gasteiger partial charge in [0.1, 0.15) is 17.8 Å². The average Bonchev–Trinajstić information content (AvgIpc) is 2.17. The van der Waals surface area contributed by atoms with Crippen molar-refractivity contribution in [3.8, 4) is 0 Å². The lowest BCUT2D eigenvalue weighted by atomic mass is 10.4. The fourth-order valence-electron chi connectivity index (χ4n) is 0.723. The second-order valence-electron chi connectivity index (χ2n) is 2.18. The van der Waals surface area contributed by atoms with Gasteiger partial charge in [-0.05, 0) is 0 Å². The summed E-state index contributed by atoms with van der Waals surface area (Å²) in [7, 11) is 0. The van der Waals surface area contributed by atoms with E-state index in [-0.39, 0.29) is 0 Å². The Morgan fingerprint density at radius 1 is 0.769 bits per heavy atom. The van der Waals surface area contributed by atoms with E-state index in [1.807, 2.05) is 0 Å². The topological polar surface area (TPSA) is 54.5 Å². The molecular formula is C9H9NO3. The Hall–Kier alpha value is -1.69. The van der Waals surface area contributed by atoms with Crippen molar-refractivity contribution in [1.82, 2.24) is 4.90 Å². The molecule has 0 atom stereocenters. The maximum absolute atomic E-state index is 9.87. The Morgan fingerprint density at radius 2 is 1.08 bits per heavy atom. The fraction of sp³-hybridized carbons (Fsp3) is 0.333. The first-order chi connectivity index (χ1) is 6.35. The predicted molar refractivity (Wildman–Crippen MR) is 47.2 cm³/mol. The van der Waals surface area contributed by atoms with E-state index in [1.54, 1.807) is 22.7 Å². The zero-order valence-corrected chi connectivity index (χ0v) is 7.03. The molecule has 0 fully saturated rings. The van der Waals surface area contributed by atoms with Gasteiger partial charge < -0.3 is 0 Å².